The first-order valence-corrected chi connectivity index (χ1v) is 6.28. The summed E-state index contributed by atoms with van der Waals surface area (Å²) in [6, 6.07) is 0.330. The molecule has 1 N–H and O–H groups in total. The van der Waals surface area contributed by atoms with E-state index in [1.165, 1.54) is 17.9 Å². The fourth-order valence-electron chi connectivity index (χ4n) is 1.69. The van der Waals surface area contributed by atoms with Gasteiger partial charge in [-0.1, -0.05) is 0 Å². The van der Waals surface area contributed by atoms with Crippen molar-refractivity contribution < 1.29 is 9.90 Å². The Kier molecular flexibility index (Phi) is 4.75. The second kappa shape index (κ2) is 5.61. The van der Waals surface area contributed by atoms with Crippen molar-refractivity contribution in [1.82, 2.24) is 4.90 Å². The summed E-state index contributed by atoms with van der Waals surface area (Å²) < 4.78 is 0. The maximum absolute atomic E-state index is 10.6. The minimum atomic E-state index is -0.718. The molecule has 1 heterocycles. The molecule has 4 heteroatoms. The maximum atomic E-state index is 10.6. The molecule has 0 spiro atoms. The van der Waals surface area contributed by atoms with Crippen molar-refractivity contribution in [2.24, 2.45) is 5.92 Å². The van der Waals surface area contributed by atoms with Crippen molar-refractivity contribution in [1.29, 1.82) is 0 Å². The highest BCUT2D eigenvalue weighted by Crippen LogP contribution is 2.24. The number of rotatable bonds is 5. The molecule has 0 aliphatic carbocycles. The summed E-state index contributed by atoms with van der Waals surface area (Å²) in [5, 5.41) is 8.76. The van der Waals surface area contributed by atoms with Gasteiger partial charge in [0.15, 0.2) is 0 Å². The summed E-state index contributed by atoms with van der Waals surface area (Å²) in [5.74, 6) is 2.41. The number of nitrogens with zero attached hydrogens (tertiary/aromatic N) is 1. The van der Waals surface area contributed by atoms with E-state index in [9.17, 15) is 4.79 Å². The van der Waals surface area contributed by atoms with Gasteiger partial charge in [0.2, 0.25) is 0 Å². The third kappa shape index (κ3) is 3.88. The smallest absolute Gasteiger partial charge is 0.317 e. The van der Waals surface area contributed by atoms with E-state index in [0.717, 1.165) is 6.54 Å². The topological polar surface area (TPSA) is 40.5 Å². The van der Waals surface area contributed by atoms with E-state index in [0.29, 0.717) is 12.0 Å². The van der Waals surface area contributed by atoms with Crippen LogP contribution >= 0.6 is 11.8 Å². The Labute approximate surface area is 89.9 Å². The van der Waals surface area contributed by atoms with Crippen molar-refractivity contribution in [3.63, 3.8) is 0 Å². The number of hydrogen-bond donors (Lipinski definition) is 1. The van der Waals surface area contributed by atoms with Gasteiger partial charge in [0.1, 0.15) is 0 Å². The van der Waals surface area contributed by atoms with E-state index >= 15 is 0 Å². The Hall–Kier alpha value is -0.220. The lowest BCUT2D eigenvalue weighted by atomic mass is 10.1. The van der Waals surface area contributed by atoms with Crippen molar-refractivity contribution >= 4 is 17.7 Å². The summed E-state index contributed by atoms with van der Waals surface area (Å²) >= 11 is 1.98. The molecule has 0 aromatic heterocycles. The van der Waals surface area contributed by atoms with Gasteiger partial charge in [-0.3, -0.25) is 9.69 Å². The maximum Gasteiger partial charge on any atom is 0.317 e. The number of carbonyl (C=O) groups is 1. The van der Waals surface area contributed by atoms with Crippen LogP contribution in [-0.4, -0.2) is 46.6 Å². The SMILES string of the molecule is CC(C)N(CC(=O)O)CC1CCSC1. The standard InChI is InChI=1S/C10H19NO2S/c1-8(2)11(6-10(12)13)5-9-3-4-14-7-9/h8-9H,3-7H2,1-2H3,(H,12,13). The molecule has 0 bridgehead atoms. The average Bonchev–Trinajstić information content (AvgIpc) is 2.54. The molecule has 1 aliphatic heterocycles. The highest BCUT2D eigenvalue weighted by atomic mass is 32.2. The first-order valence-electron chi connectivity index (χ1n) is 5.13. The first kappa shape index (κ1) is 11.9. The van der Waals surface area contributed by atoms with E-state index in [-0.39, 0.29) is 6.54 Å². The third-order valence-corrected chi connectivity index (χ3v) is 3.82. The molecule has 0 aromatic carbocycles. The largest absolute Gasteiger partial charge is 0.480 e. The molecule has 0 radical (unpaired) electrons. The van der Waals surface area contributed by atoms with Crippen molar-refractivity contribution in [2.75, 3.05) is 24.6 Å². The van der Waals surface area contributed by atoms with Gasteiger partial charge in [0.05, 0.1) is 6.54 Å². The van der Waals surface area contributed by atoms with Crippen LogP contribution in [0.15, 0.2) is 0 Å². The zero-order chi connectivity index (χ0) is 10.6. The Morgan fingerprint density at radius 3 is 2.79 bits per heavy atom. The Balaban J connectivity index is 2.37. The van der Waals surface area contributed by atoms with Gasteiger partial charge < -0.3 is 5.11 Å². The van der Waals surface area contributed by atoms with Crippen LogP contribution in [0.3, 0.4) is 0 Å². The van der Waals surface area contributed by atoms with Crippen molar-refractivity contribution in [2.45, 2.75) is 26.3 Å². The number of aliphatic carboxylic acids is 1. The van der Waals surface area contributed by atoms with E-state index in [4.69, 9.17) is 5.11 Å². The molecular formula is C10H19NO2S. The van der Waals surface area contributed by atoms with Gasteiger partial charge in [0.25, 0.3) is 0 Å². The van der Waals surface area contributed by atoms with E-state index in [2.05, 4.69) is 18.7 Å². The number of thioether (sulfide) groups is 1. The normalized spacial score (nSPS) is 22.1. The third-order valence-electron chi connectivity index (χ3n) is 2.59. The quantitative estimate of drug-likeness (QED) is 0.758. The molecular weight excluding hydrogens is 198 g/mol. The van der Waals surface area contributed by atoms with Gasteiger partial charge in [-0.25, -0.2) is 0 Å². The molecule has 1 atom stereocenters. The zero-order valence-electron chi connectivity index (χ0n) is 8.90. The van der Waals surface area contributed by atoms with Gasteiger partial charge in [-0.05, 0) is 37.7 Å². The van der Waals surface area contributed by atoms with E-state index in [1.54, 1.807) is 0 Å². The van der Waals surface area contributed by atoms with Gasteiger partial charge >= 0.3 is 5.97 Å². The van der Waals surface area contributed by atoms with Gasteiger partial charge in [-0.15, -0.1) is 0 Å². The molecule has 1 aliphatic rings. The summed E-state index contributed by atoms with van der Waals surface area (Å²) in [4.78, 5) is 12.7. The van der Waals surface area contributed by atoms with Crippen LogP contribution in [0.25, 0.3) is 0 Å². The highest BCUT2D eigenvalue weighted by molar-refractivity contribution is 7.99. The van der Waals surface area contributed by atoms with Crippen LogP contribution in [0.5, 0.6) is 0 Å². The minimum Gasteiger partial charge on any atom is -0.480 e. The predicted octanol–water partition coefficient (Wildman–Crippen LogP) is 1.53. The van der Waals surface area contributed by atoms with E-state index < -0.39 is 5.97 Å². The molecule has 0 saturated carbocycles. The van der Waals surface area contributed by atoms with Crippen LogP contribution in [0.4, 0.5) is 0 Å². The van der Waals surface area contributed by atoms with E-state index in [1.807, 2.05) is 11.8 Å². The molecule has 3 nitrogen and oxygen atoms in total. The lowest BCUT2D eigenvalue weighted by molar-refractivity contribution is -0.138. The van der Waals surface area contributed by atoms with Crippen LogP contribution in [-0.2, 0) is 4.79 Å². The zero-order valence-corrected chi connectivity index (χ0v) is 9.72. The van der Waals surface area contributed by atoms with Crippen molar-refractivity contribution in [3.8, 4) is 0 Å². The second-order valence-corrected chi connectivity index (χ2v) is 5.30. The lowest BCUT2D eigenvalue weighted by Gasteiger charge is -2.27. The van der Waals surface area contributed by atoms with Crippen LogP contribution in [0.2, 0.25) is 0 Å². The number of carboxylic acids is 1. The van der Waals surface area contributed by atoms with Crippen LogP contribution < -0.4 is 0 Å². The molecule has 1 rings (SSSR count). The van der Waals surface area contributed by atoms with Gasteiger partial charge in [0, 0.05) is 12.6 Å². The predicted molar refractivity (Wildman–Crippen MR) is 59.8 cm³/mol. The molecule has 82 valence electrons. The Morgan fingerprint density at radius 1 is 1.64 bits per heavy atom. The molecule has 1 saturated heterocycles. The molecule has 1 fully saturated rings. The van der Waals surface area contributed by atoms with Crippen LogP contribution in [0, 0.1) is 5.92 Å². The van der Waals surface area contributed by atoms with Crippen LogP contribution in [0.1, 0.15) is 20.3 Å². The summed E-state index contributed by atoms with van der Waals surface area (Å²) in [6.07, 6.45) is 1.24. The minimum absolute atomic E-state index is 0.179. The monoisotopic (exact) mass is 217 g/mol. The highest BCUT2D eigenvalue weighted by Gasteiger charge is 2.21. The molecule has 0 aromatic rings. The fourth-order valence-corrected chi connectivity index (χ4v) is 2.96. The summed E-state index contributed by atoms with van der Waals surface area (Å²) in [6.45, 7) is 5.24. The lowest BCUT2D eigenvalue weighted by Crippen LogP contribution is -2.39. The fraction of sp³-hybridized carbons (Fsp3) is 0.900. The number of carboxylic acid groups (broad SMARTS) is 1. The Morgan fingerprint density at radius 2 is 2.36 bits per heavy atom. The van der Waals surface area contributed by atoms with Gasteiger partial charge in [-0.2, -0.15) is 11.8 Å². The average molecular weight is 217 g/mol. The second-order valence-electron chi connectivity index (χ2n) is 4.15. The molecule has 1 unspecified atom stereocenters. The summed E-state index contributed by atoms with van der Waals surface area (Å²) in [5.41, 5.74) is 0. The first-order chi connectivity index (χ1) is 6.59. The number of hydrogen-bond acceptors (Lipinski definition) is 3. The molecule has 0 amide bonds. The summed E-state index contributed by atoms with van der Waals surface area (Å²) in [7, 11) is 0. The molecule has 14 heavy (non-hydrogen) atoms. The van der Waals surface area contributed by atoms with Crippen molar-refractivity contribution in [3.05, 3.63) is 0 Å². The Bertz CT molecular complexity index is 191.